The number of aromatic nitrogens is 2. The van der Waals surface area contributed by atoms with Gasteiger partial charge in [0.05, 0.1) is 21.8 Å². The highest BCUT2D eigenvalue weighted by Gasteiger charge is 2.17. The fourth-order valence-corrected chi connectivity index (χ4v) is 4.94. The minimum Gasteiger partial charge on any atom is -0.360 e. The predicted octanol–water partition coefficient (Wildman–Crippen LogP) is 6.67. The normalized spacial score (nSPS) is 12.2. The molecule has 0 aliphatic carbocycles. The van der Waals surface area contributed by atoms with E-state index in [1.54, 1.807) is 18.3 Å². The van der Waals surface area contributed by atoms with E-state index >= 15 is 0 Å². The summed E-state index contributed by atoms with van der Waals surface area (Å²) in [6.45, 7) is 5.51. The largest absolute Gasteiger partial charge is 0.360 e. The standard InChI is InChI=1S/C28H25FN4O2S/c1-15(2)26(34)33-28-32-24-10-8-19(13-25(24)36-28)18-7-9-23-21(12-18)22(14-30-23)27(35)31-16(3)17-5-4-6-20(29)11-17/h4-16,30H,1-3H3,(H,31,35)(H,32,33,34). The number of hydrogen-bond donors (Lipinski definition) is 3. The highest BCUT2D eigenvalue weighted by atomic mass is 32.1. The van der Waals surface area contributed by atoms with Crippen molar-refractivity contribution in [2.75, 3.05) is 5.32 Å². The molecule has 0 bridgehead atoms. The molecule has 2 heterocycles. The van der Waals surface area contributed by atoms with E-state index in [-0.39, 0.29) is 29.6 Å². The summed E-state index contributed by atoms with van der Waals surface area (Å²) in [4.78, 5) is 32.8. The minimum atomic E-state index is -0.347. The lowest BCUT2D eigenvalue weighted by Gasteiger charge is -2.14. The van der Waals surface area contributed by atoms with Crippen LogP contribution in [0.1, 0.15) is 42.7 Å². The molecule has 1 unspecified atom stereocenters. The molecular formula is C28H25FN4O2S. The molecule has 2 amide bonds. The molecule has 0 aliphatic heterocycles. The molecule has 36 heavy (non-hydrogen) atoms. The van der Waals surface area contributed by atoms with Gasteiger partial charge in [0.25, 0.3) is 5.91 Å². The number of anilines is 1. The van der Waals surface area contributed by atoms with Crippen LogP contribution in [-0.4, -0.2) is 21.8 Å². The van der Waals surface area contributed by atoms with Crippen LogP contribution in [0, 0.1) is 11.7 Å². The number of benzene rings is 3. The third kappa shape index (κ3) is 4.72. The van der Waals surface area contributed by atoms with Gasteiger partial charge < -0.3 is 15.6 Å². The lowest BCUT2D eigenvalue weighted by Crippen LogP contribution is -2.26. The molecule has 0 radical (unpaired) electrons. The number of fused-ring (bicyclic) bond motifs is 2. The molecule has 1 atom stereocenters. The number of thiazole rings is 1. The molecule has 0 spiro atoms. The summed E-state index contributed by atoms with van der Waals surface area (Å²) in [5.74, 6) is -0.759. The Bertz CT molecular complexity index is 1600. The van der Waals surface area contributed by atoms with Crippen LogP contribution in [0.4, 0.5) is 9.52 Å². The number of amides is 2. The quantitative estimate of drug-likeness (QED) is 0.243. The average molecular weight is 501 g/mol. The van der Waals surface area contributed by atoms with Gasteiger partial charge in [-0.1, -0.05) is 49.4 Å². The van der Waals surface area contributed by atoms with E-state index in [0.717, 1.165) is 32.2 Å². The Labute approximate surface area is 211 Å². The number of halogens is 1. The zero-order chi connectivity index (χ0) is 25.4. The maximum atomic E-state index is 13.6. The second kappa shape index (κ2) is 9.54. The summed E-state index contributed by atoms with van der Waals surface area (Å²) < 4.78 is 14.6. The van der Waals surface area contributed by atoms with Crippen LogP contribution in [0.5, 0.6) is 0 Å². The van der Waals surface area contributed by atoms with Crippen LogP contribution in [0.25, 0.3) is 32.2 Å². The summed E-state index contributed by atoms with van der Waals surface area (Å²) in [7, 11) is 0. The van der Waals surface area contributed by atoms with E-state index in [4.69, 9.17) is 0 Å². The van der Waals surface area contributed by atoms with Crippen LogP contribution in [0.15, 0.2) is 66.9 Å². The van der Waals surface area contributed by atoms with Crippen molar-refractivity contribution in [2.45, 2.75) is 26.8 Å². The van der Waals surface area contributed by atoms with Gasteiger partial charge in [0, 0.05) is 23.0 Å². The molecule has 3 aromatic carbocycles. The molecule has 5 rings (SSSR count). The summed E-state index contributed by atoms with van der Waals surface area (Å²) in [5.41, 5.74) is 4.82. The zero-order valence-corrected chi connectivity index (χ0v) is 20.9. The van der Waals surface area contributed by atoms with Crippen molar-refractivity contribution in [1.82, 2.24) is 15.3 Å². The smallest absolute Gasteiger partial charge is 0.253 e. The lowest BCUT2D eigenvalue weighted by molar-refractivity contribution is -0.118. The van der Waals surface area contributed by atoms with Crippen LogP contribution in [0.3, 0.4) is 0 Å². The number of nitrogens with one attached hydrogen (secondary N) is 3. The summed E-state index contributed by atoms with van der Waals surface area (Å²) in [5, 5.41) is 7.20. The number of carbonyl (C=O) groups excluding carboxylic acids is 2. The van der Waals surface area contributed by atoms with Gasteiger partial charge in [-0.25, -0.2) is 9.37 Å². The fourth-order valence-electron chi connectivity index (χ4n) is 4.03. The van der Waals surface area contributed by atoms with Gasteiger partial charge in [-0.05, 0) is 60.0 Å². The van der Waals surface area contributed by atoms with Gasteiger partial charge in [-0.2, -0.15) is 0 Å². The van der Waals surface area contributed by atoms with Crippen molar-refractivity contribution in [2.24, 2.45) is 5.92 Å². The van der Waals surface area contributed by atoms with Crippen LogP contribution < -0.4 is 10.6 Å². The van der Waals surface area contributed by atoms with Gasteiger partial charge in [-0.3, -0.25) is 9.59 Å². The number of rotatable bonds is 6. The van der Waals surface area contributed by atoms with Crippen molar-refractivity contribution >= 4 is 49.4 Å². The Hall–Kier alpha value is -4.04. The Morgan fingerprint density at radius 3 is 2.56 bits per heavy atom. The van der Waals surface area contributed by atoms with Gasteiger partial charge in [0.15, 0.2) is 5.13 Å². The molecular weight excluding hydrogens is 475 g/mol. The number of hydrogen-bond acceptors (Lipinski definition) is 4. The van der Waals surface area contributed by atoms with Gasteiger partial charge in [-0.15, -0.1) is 0 Å². The zero-order valence-electron chi connectivity index (χ0n) is 20.1. The number of carbonyl (C=O) groups is 2. The predicted molar refractivity (Wildman–Crippen MR) is 143 cm³/mol. The Morgan fingerprint density at radius 1 is 1.00 bits per heavy atom. The van der Waals surface area contributed by atoms with E-state index < -0.39 is 0 Å². The maximum absolute atomic E-state index is 13.6. The first kappa shape index (κ1) is 23.7. The van der Waals surface area contributed by atoms with Gasteiger partial charge in [0.1, 0.15) is 5.82 Å². The average Bonchev–Trinajstić information content (AvgIpc) is 3.46. The highest BCUT2D eigenvalue weighted by molar-refractivity contribution is 7.22. The van der Waals surface area contributed by atoms with Crippen molar-refractivity contribution in [3.8, 4) is 11.1 Å². The number of aromatic amines is 1. The molecule has 0 saturated heterocycles. The first-order valence-electron chi connectivity index (χ1n) is 11.7. The molecule has 0 aliphatic rings. The molecule has 6 nitrogen and oxygen atoms in total. The van der Waals surface area contributed by atoms with Crippen LogP contribution in [-0.2, 0) is 4.79 Å². The molecule has 8 heteroatoms. The van der Waals surface area contributed by atoms with Crippen LogP contribution >= 0.6 is 11.3 Å². The molecule has 0 fully saturated rings. The van der Waals surface area contributed by atoms with E-state index in [1.807, 2.05) is 57.2 Å². The van der Waals surface area contributed by atoms with Crippen molar-refractivity contribution in [3.63, 3.8) is 0 Å². The second-order valence-electron chi connectivity index (χ2n) is 9.06. The number of H-pyrrole nitrogens is 1. The van der Waals surface area contributed by atoms with Crippen molar-refractivity contribution in [3.05, 3.63) is 83.8 Å². The van der Waals surface area contributed by atoms with E-state index in [0.29, 0.717) is 16.3 Å². The maximum Gasteiger partial charge on any atom is 0.253 e. The molecule has 2 aromatic heterocycles. The first-order chi connectivity index (χ1) is 17.3. The molecule has 3 N–H and O–H groups in total. The summed E-state index contributed by atoms with van der Waals surface area (Å²) in [6, 6.07) is 17.8. The second-order valence-corrected chi connectivity index (χ2v) is 10.1. The van der Waals surface area contributed by atoms with E-state index in [2.05, 4.69) is 20.6 Å². The monoisotopic (exact) mass is 500 g/mol. The fraction of sp³-hybridized carbons (Fsp3) is 0.179. The third-order valence-corrected chi connectivity index (χ3v) is 7.03. The molecule has 182 valence electrons. The topological polar surface area (TPSA) is 86.9 Å². The van der Waals surface area contributed by atoms with E-state index in [1.165, 1.54) is 23.5 Å². The highest BCUT2D eigenvalue weighted by Crippen LogP contribution is 2.32. The van der Waals surface area contributed by atoms with Crippen molar-refractivity contribution in [1.29, 1.82) is 0 Å². The first-order valence-corrected chi connectivity index (χ1v) is 12.5. The van der Waals surface area contributed by atoms with E-state index in [9.17, 15) is 14.0 Å². The number of nitrogens with zero attached hydrogens (tertiary/aromatic N) is 1. The summed E-state index contributed by atoms with van der Waals surface area (Å²) in [6.07, 6.45) is 1.69. The summed E-state index contributed by atoms with van der Waals surface area (Å²) >= 11 is 1.43. The Kier molecular flexibility index (Phi) is 6.28. The Morgan fingerprint density at radius 2 is 1.78 bits per heavy atom. The lowest BCUT2D eigenvalue weighted by atomic mass is 10.0. The molecule has 5 aromatic rings. The Balaban J connectivity index is 1.42. The minimum absolute atomic E-state index is 0.0651. The third-order valence-electron chi connectivity index (χ3n) is 6.10. The molecule has 0 saturated carbocycles. The van der Waals surface area contributed by atoms with Crippen molar-refractivity contribution < 1.29 is 14.0 Å². The SMILES string of the molecule is CC(C)C(=O)Nc1nc2ccc(-c3ccc4[nH]cc(C(=O)NC(C)c5cccc(F)c5)c4c3)cc2s1. The van der Waals surface area contributed by atoms with Gasteiger partial charge in [0.2, 0.25) is 5.91 Å². The van der Waals surface area contributed by atoms with Gasteiger partial charge >= 0.3 is 0 Å². The van der Waals surface area contributed by atoms with Crippen LogP contribution in [0.2, 0.25) is 0 Å².